The van der Waals surface area contributed by atoms with Crippen molar-refractivity contribution in [2.45, 2.75) is 6.42 Å². The fourth-order valence-electron chi connectivity index (χ4n) is 2.82. The molecule has 0 unspecified atom stereocenters. The Labute approximate surface area is 178 Å². The number of carbonyl (C=O) groups is 3. The maximum absolute atomic E-state index is 12.7. The van der Waals surface area contributed by atoms with E-state index in [-0.39, 0.29) is 17.8 Å². The van der Waals surface area contributed by atoms with Gasteiger partial charge < -0.3 is 14.2 Å². The second kappa shape index (κ2) is 9.98. The fourth-order valence-corrected chi connectivity index (χ4v) is 3.68. The topological polar surface area (TPSA) is 82.1 Å². The van der Waals surface area contributed by atoms with Crippen LogP contribution in [0.15, 0.2) is 53.4 Å². The number of thioether (sulfide) groups is 1. The average Bonchev–Trinajstić information content (AvgIpc) is 3.03. The predicted octanol–water partition coefficient (Wildman–Crippen LogP) is 3.53. The third-order valence-electron chi connectivity index (χ3n) is 4.40. The van der Waals surface area contributed by atoms with Crippen molar-refractivity contribution in [1.29, 1.82) is 0 Å². The maximum Gasteiger partial charge on any atom is 0.343 e. The van der Waals surface area contributed by atoms with E-state index in [1.165, 1.54) is 19.1 Å². The van der Waals surface area contributed by atoms with Crippen molar-refractivity contribution in [3.63, 3.8) is 0 Å². The molecule has 1 heterocycles. The number of imide groups is 1. The van der Waals surface area contributed by atoms with Crippen molar-refractivity contribution >= 4 is 35.0 Å². The van der Waals surface area contributed by atoms with Gasteiger partial charge in [-0.2, -0.15) is 0 Å². The molecule has 1 fully saturated rings. The highest BCUT2D eigenvalue weighted by atomic mass is 32.2. The number of methoxy groups -OCH3 is 2. The molecule has 0 spiro atoms. The molecule has 0 radical (unpaired) electrons. The lowest BCUT2D eigenvalue weighted by Gasteiger charge is -2.12. The molecule has 0 atom stereocenters. The van der Waals surface area contributed by atoms with Crippen LogP contribution in [0.2, 0.25) is 0 Å². The minimum atomic E-state index is -0.509. The Kier molecular flexibility index (Phi) is 7.13. The molecule has 7 nitrogen and oxygen atoms in total. The number of benzene rings is 2. The minimum Gasteiger partial charge on any atom is -0.493 e. The van der Waals surface area contributed by atoms with Crippen LogP contribution in [0.25, 0.3) is 6.08 Å². The quantitative estimate of drug-likeness (QED) is 0.471. The number of hydrogen-bond donors (Lipinski definition) is 0. The SMILES string of the molecule is COC(=O)COc1ccc(/C=C2\SC(=O)N(CCc3ccccc3)C2=O)cc1OC. The smallest absolute Gasteiger partial charge is 0.343 e. The first-order valence-electron chi connectivity index (χ1n) is 9.18. The minimum absolute atomic E-state index is 0.244. The van der Waals surface area contributed by atoms with Gasteiger partial charge in [0.1, 0.15) is 0 Å². The van der Waals surface area contributed by atoms with E-state index in [1.807, 2.05) is 30.3 Å². The Bertz CT molecular complexity index is 973. The first-order valence-corrected chi connectivity index (χ1v) is 10.0. The van der Waals surface area contributed by atoms with E-state index in [0.717, 1.165) is 17.3 Å². The lowest BCUT2D eigenvalue weighted by Crippen LogP contribution is -2.30. The van der Waals surface area contributed by atoms with E-state index in [0.29, 0.717) is 34.9 Å². The van der Waals surface area contributed by atoms with E-state index < -0.39 is 5.97 Å². The third kappa shape index (κ3) is 5.21. The van der Waals surface area contributed by atoms with Crippen molar-refractivity contribution in [2.75, 3.05) is 27.4 Å². The van der Waals surface area contributed by atoms with Crippen LogP contribution in [0, 0.1) is 0 Å². The van der Waals surface area contributed by atoms with E-state index in [2.05, 4.69) is 4.74 Å². The van der Waals surface area contributed by atoms with Crippen molar-refractivity contribution in [3.05, 3.63) is 64.6 Å². The summed E-state index contributed by atoms with van der Waals surface area (Å²) in [5, 5.41) is -0.285. The van der Waals surface area contributed by atoms with E-state index >= 15 is 0 Å². The number of hydrogen-bond acceptors (Lipinski definition) is 7. The summed E-state index contributed by atoms with van der Waals surface area (Å²) in [6.45, 7) is 0.0855. The van der Waals surface area contributed by atoms with E-state index in [4.69, 9.17) is 9.47 Å². The highest BCUT2D eigenvalue weighted by molar-refractivity contribution is 8.18. The average molecular weight is 427 g/mol. The number of carbonyl (C=O) groups excluding carboxylic acids is 3. The van der Waals surface area contributed by atoms with Crippen LogP contribution in [0.1, 0.15) is 11.1 Å². The standard InChI is InChI=1S/C22H21NO6S/c1-27-18-12-16(8-9-17(18)29-14-20(24)28-2)13-19-21(25)23(22(26)30-19)11-10-15-6-4-3-5-7-15/h3-9,12-13H,10-11,14H2,1-2H3/b19-13-. The van der Waals surface area contributed by atoms with Gasteiger partial charge >= 0.3 is 5.97 Å². The summed E-state index contributed by atoms with van der Waals surface area (Å²) in [5.74, 6) is -0.0526. The molecule has 2 amide bonds. The summed E-state index contributed by atoms with van der Waals surface area (Å²) in [7, 11) is 2.75. The van der Waals surface area contributed by atoms with Crippen LogP contribution < -0.4 is 9.47 Å². The van der Waals surface area contributed by atoms with Crippen LogP contribution in [0.3, 0.4) is 0 Å². The number of nitrogens with zero attached hydrogens (tertiary/aromatic N) is 1. The summed E-state index contributed by atoms with van der Waals surface area (Å²) in [5.41, 5.74) is 1.73. The number of rotatable bonds is 8. The zero-order valence-corrected chi connectivity index (χ0v) is 17.4. The summed E-state index contributed by atoms with van der Waals surface area (Å²) >= 11 is 0.912. The van der Waals surface area contributed by atoms with Crippen molar-refractivity contribution in [1.82, 2.24) is 4.90 Å². The predicted molar refractivity (Wildman–Crippen MR) is 113 cm³/mol. The summed E-state index contributed by atoms with van der Waals surface area (Å²) in [4.78, 5) is 37.8. The summed E-state index contributed by atoms with van der Waals surface area (Å²) < 4.78 is 15.2. The van der Waals surface area contributed by atoms with Crippen LogP contribution in [0.5, 0.6) is 11.5 Å². The summed E-state index contributed by atoms with van der Waals surface area (Å²) in [6, 6.07) is 14.7. The molecular formula is C22H21NO6S. The van der Waals surface area contributed by atoms with Gasteiger partial charge in [-0.25, -0.2) is 4.79 Å². The summed E-state index contributed by atoms with van der Waals surface area (Å²) in [6.07, 6.45) is 2.24. The number of esters is 1. The highest BCUT2D eigenvalue weighted by Gasteiger charge is 2.34. The Morgan fingerprint density at radius 2 is 1.83 bits per heavy atom. The molecule has 2 aromatic rings. The van der Waals surface area contributed by atoms with Crippen molar-refractivity contribution < 1.29 is 28.6 Å². The van der Waals surface area contributed by atoms with Gasteiger partial charge in [-0.05, 0) is 47.5 Å². The second-order valence-electron chi connectivity index (χ2n) is 6.34. The molecule has 30 heavy (non-hydrogen) atoms. The van der Waals surface area contributed by atoms with Crippen LogP contribution in [-0.2, 0) is 20.7 Å². The molecule has 0 N–H and O–H groups in total. The third-order valence-corrected chi connectivity index (χ3v) is 5.31. The number of ether oxygens (including phenoxy) is 3. The highest BCUT2D eigenvalue weighted by Crippen LogP contribution is 2.34. The fraction of sp³-hybridized carbons (Fsp3) is 0.227. The molecule has 0 saturated carbocycles. The number of amides is 2. The van der Waals surface area contributed by atoms with Gasteiger partial charge in [-0.3, -0.25) is 14.5 Å². The molecule has 1 saturated heterocycles. The van der Waals surface area contributed by atoms with E-state index in [1.54, 1.807) is 24.3 Å². The lowest BCUT2D eigenvalue weighted by atomic mass is 10.1. The monoisotopic (exact) mass is 427 g/mol. The van der Waals surface area contributed by atoms with Gasteiger partial charge in [0.05, 0.1) is 19.1 Å². The lowest BCUT2D eigenvalue weighted by molar-refractivity contribution is -0.142. The Hall–Kier alpha value is -3.26. The Morgan fingerprint density at radius 1 is 1.07 bits per heavy atom. The zero-order valence-electron chi connectivity index (χ0n) is 16.6. The molecule has 0 bridgehead atoms. The van der Waals surface area contributed by atoms with Gasteiger partial charge in [0.15, 0.2) is 18.1 Å². The molecule has 0 aromatic heterocycles. The normalized spacial score (nSPS) is 14.9. The van der Waals surface area contributed by atoms with Crippen LogP contribution >= 0.6 is 11.8 Å². The molecule has 3 rings (SSSR count). The van der Waals surface area contributed by atoms with Gasteiger partial charge in [-0.1, -0.05) is 36.4 Å². The van der Waals surface area contributed by atoms with Crippen molar-refractivity contribution in [3.8, 4) is 11.5 Å². The maximum atomic E-state index is 12.7. The van der Waals surface area contributed by atoms with E-state index in [9.17, 15) is 14.4 Å². The Morgan fingerprint density at radius 3 is 2.53 bits per heavy atom. The van der Waals surface area contributed by atoms with Crippen LogP contribution in [-0.4, -0.2) is 49.4 Å². The molecule has 1 aliphatic rings. The molecule has 8 heteroatoms. The van der Waals surface area contributed by atoms with Crippen molar-refractivity contribution in [2.24, 2.45) is 0 Å². The molecule has 156 valence electrons. The first-order chi connectivity index (χ1) is 14.5. The van der Waals surface area contributed by atoms with Gasteiger partial charge in [0.2, 0.25) is 0 Å². The van der Waals surface area contributed by atoms with Gasteiger partial charge in [-0.15, -0.1) is 0 Å². The van der Waals surface area contributed by atoms with Crippen LogP contribution in [0.4, 0.5) is 4.79 Å². The second-order valence-corrected chi connectivity index (χ2v) is 7.34. The molecule has 0 aliphatic carbocycles. The molecular weight excluding hydrogens is 406 g/mol. The molecule has 2 aromatic carbocycles. The Balaban J connectivity index is 1.70. The van der Waals surface area contributed by atoms with Gasteiger partial charge in [0.25, 0.3) is 11.1 Å². The largest absolute Gasteiger partial charge is 0.493 e. The first kappa shape index (κ1) is 21.4. The van der Waals surface area contributed by atoms with Gasteiger partial charge in [0, 0.05) is 6.54 Å². The molecule has 1 aliphatic heterocycles. The zero-order chi connectivity index (χ0) is 21.5.